The van der Waals surface area contributed by atoms with Crippen LogP contribution in [-0.4, -0.2) is 37.5 Å². The average molecular weight is 315 g/mol. The second-order valence-corrected chi connectivity index (χ2v) is 5.59. The van der Waals surface area contributed by atoms with Crippen molar-refractivity contribution in [2.24, 2.45) is 5.92 Å². The predicted octanol–water partition coefficient (Wildman–Crippen LogP) is 3.02. The molecule has 1 heterocycles. The molecule has 1 saturated heterocycles. The predicted molar refractivity (Wildman–Crippen MR) is 85.6 cm³/mol. The van der Waals surface area contributed by atoms with Crippen molar-refractivity contribution >= 4 is 18.3 Å². The van der Waals surface area contributed by atoms with E-state index in [9.17, 15) is 9.18 Å². The van der Waals surface area contributed by atoms with E-state index in [1.54, 1.807) is 19.1 Å². The van der Waals surface area contributed by atoms with Gasteiger partial charge in [0.25, 0.3) is 5.91 Å². The summed E-state index contributed by atoms with van der Waals surface area (Å²) in [6.07, 6.45) is 3.30. The molecule has 1 aromatic carbocycles. The molecule has 1 amide bonds. The molecule has 118 valence electrons. The SMILES string of the molecule is CNCCC1CCN(C(=O)c2ccc(F)c(C)c2)CC1.Cl. The molecule has 0 saturated carbocycles. The largest absolute Gasteiger partial charge is 0.339 e. The van der Waals surface area contributed by atoms with E-state index < -0.39 is 0 Å². The lowest BCUT2D eigenvalue weighted by molar-refractivity contribution is 0.0687. The van der Waals surface area contributed by atoms with Gasteiger partial charge in [-0.15, -0.1) is 12.4 Å². The van der Waals surface area contributed by atoms with Crippen molar-refractivity contribution in [1.82, 2.24) is 10.2 Å². The summed E-state index contributed by atoms with van der Waals surface area (Å²) in [4.78, 5) is 14.3. The Kier molecular flexibility index (Phi) is 7.12. The maximum atomic E-state index is 13.2. The van der Waals surface area contributed by atoms with Crippen LogP contribution in [0, 0.1) is 18.7 Å². The van der Waals surface area contributed by atoms with Crippen LogP contribution >= 0.6 is 12.4 Å². The molecule has 0 radical (unpaired) electrons. The molecule has 1 aliphatic heterocycles. The lowest BCUT2D eigenvalue weighted by Gasteiger charge is -2.32. The van der Waals surface area contributed by atoms with Crippen LogP contribution in [0.3, 0.4) is 0 Å². The lowest BCUT2D eigenvalue weighted by atomic mass is 9.93. The summed E-state index contributed by atoms with van der Waals surface area (Å²) in [5, 5.41) is 3.17. The highest BCUT2D eigenvalue weighted by molar-refractivity contribution is 5.94. The number of benzene rings is 1. The van der Waals surface area contributed by atoms with E-state index in [0.717, 1.165) is 32.5 Å². The molecule has 1 fully saturated rings. The zero-order valence-corrected chi connectivity index (χ0v) is 13.5. The van der Waals surface area contributed by atoms with Crippen LogP contribution in [-0.2, 0) is 0 Å². The monoisotopic (exact) mass is 314 g/mol. The van der Waals surface area contributed by atoms with Crippen LogP contribution in [0.25, 0.3) is 0 Å². The number of carbonyl (C=O) groups is 1. The van der Waals surface area contributed by atoms with Gasteiger partial charge >= 0.3 is 0 Å². The van der Waals surface area contributed by atoms with Gasteiger partial charge in [-0.3, -0.25) is 4.79 Å². The summed E-state index contributed by atoms with van der Waals surface area (Å²) in [5.41, 5.74) is 1.12. The fraction of sp³-hybridized carbons (Fsp3) is 0.562. The Labute approximate surface area is 132 Å². The lowest BCUT2D eigenvalue weighted by Crippen LogP contribution is -2.39. The summed E-state index contributed by atoms with van der Waals surface area (Å²) < 4.78 is 13.2. The number of halogens is 2. The van der Waals surface area contributed by atoms with Crippen molar-refractivity contribution in [3.8, 4) is 0 Å². The maximum absolute atomic E-state index is 13.2. The van der Waals surface area contributed by atoms with E-state index in [1.807, 2.05) is 11.9 Å². The molecule has 1 aliphatic rings. The minimum atomic E-state index is -0.257. The number of nitrogens with one attached hydrogen (secondary N) is 1. The number of amides is 1. The van der Waals surface area contributed by atoms with Gasteiger partial charge in [0.2, 0.25) is 0 Å². The molecule has 1 N–H and O–H groups in total. The van der Waals surface area contributed by atoms with Gasteiger partial charge in [-0.05, 0) is 69.5 Å². The number of aryl methyl sites for hydroxylation is 1. The smallest absolute Gasteiger partial charge is 0.253 e. The Bertz CT molecular complexity index is 473. The zero-order valence-electron chi connectivity index (χ0n) is 12.7. The van der Waals surface area contributed by atoms with Gasteiger partial charge in [0.15, 0.2) is 0 Å². The summed E-state index contributed by atoms with van der Waals surface area (Å²) in [6.45, 7) is 4.35. The molecule has 3 nitrogen and oxygen atoms in total. The molecule has 0 aliphatic carbocycles. The van der Waals surface area contributed by atoms with Crippen molar-refractivity contribution in [3.63, 3.8) is 0 Å². The van der Waals surface area contributed by atoms with Gasteiger partial charge in [0, 0.05) is 18.7 Å². The topological polar surface area (TPSA) is 32.3 Å². The molecule has 0 atom stereocenters. The second kappa shape index (κ2) is 8.35. The van der Waals surface area contributed by atoms with E-state index in [4.69, 9.17) is 0 Å². The van der Waals surface area contributed by atoms with E-state index in [1.165, 1.54) is 12.5 Å². The van der Waals surface area contributed by atoms with Gasteiger partial charge in [0.05, 0.1) is 0 Å². The molecule has 2 rings (SSSR count). The Hall–Kier alpha value is -1.13. The van der Waals surface area contributed by atoms with Crippen molar-refractivity contribution < 1.29 is 9.18 Å². The number of nitrogens with zero attached hydrogens (tertiary/aromatic N) is 1. The zero-order chi connectivity index (χ0) is 14.5. The van der Waals surface area contributed by atoms with Crippen LogP contribution in [0.1, 0.15) is 35.2 Å². The molecule has 21 heavy (non-hydrogen) atoms. The fourth-order valence-electron chi connectivity index (χ4n) is 2.73. The normalized spacial score (nSPS) is 15.7. The van der Waals surface area contributed by atoms with Gasteiger partial charge in [0.1, 0.15) is 5.82 Å². The Balaban J connectivity index is 0.00000220. The number of piperidine rings is 1. The van der Waals surface area contributed by atoms with Crippen LogP contribution in [0.15, 0.2) is 18.2 Å². The molecule has 1 aromatic rings. The highest BCUT2D eigenvalue weighted by Gasteiger charge is 2.23. The maximum Gasteiger partial charge on any atom is 0.253 e. The molecular weight excluding hydrogens is 291 g/mol. The summed E-state index contributed by atoms with van der Waals surface area (Å²) >= 11 is 0. The first-order chi connectivity index (χ1) is 9.61. The highest BCUT2D eigenvalue weighted by atomic mass is 35.5. The molecular formula is C16H24ClFN2O. The van der Waals surface area contributed by atoms with Crippen molar-refractivity contribution in [2.75, 3.05) is 26.7 Å². The number of likely N-dealkylation sites (tertiary alicyclic amines) is 1. The van der Waals surface area contributed by atoms with E-state index in [-0.39, 0.29) is 24.1 Å². The Morgan fingerprint density at radius 2 is 2.05 bits per heavy atom. The minimum absolute atomic E-state index is 0. The summed E-state index contributed by atoms with van der Waals surface area (Å²) in [7, 11) is 1.97. The van der Waals surface area contributed by atoms with Gasteiger partial charge < -0.3 is 10.2 Å². The van der Waals surface area contributed by atoms with E-state index >= 15 is 0 Å². The number of hydrogen-bond acceptors (Lipinski definition) is 2. The summed E-state index contributed by atoms with van der Waals surface area (Å²) in [5.74, 6) is 0.481. The molecule has 5 heteroatoms. The van der Waals surface area contributed by atoms with Crippen LogP contribution in [0.5, 0.6) is 0 Å². The molecule has 0 spiro atoms. The third-order valence-electron chi connectivity index (χ3n) is 4.11. The van der Waals surface area contributed by atoms with E-state index in [2.05, 4.69) is 5.32 Å². The first kappa shape index (κ1) is 17.9. The first-order valence-corrected chi connectivity index (χ1v) is 7.32. The van der Waals surface area contributed by atoms with Crippen LogP contribution in [0.2, 0.25) is 0 Å². The minimum Gasteiger partial charge on any atom is -0.339 e. The number of carbonyl (C=O) groups excluding carboxylic acids is 1. The molecule has 0 aromatic heterocycles. The fourth-order valence-corrected chi connectivity index (χ4v) is 2.73. The quantitative estimate of drug-likeness (QED) is 0.926. The van der Waals surface area contributed by atoms with Crippen molar-refractivity contribution in [1.29, 1.82) is 0 Å². The average Bonchev–Trinajstić information content (AvgIpc) is 2.48. The van der Waals surface area contributed by atoms with Crippen LogP contribution < -0.4 is 5.32 Å². The van der Waals surface area contributed by atoms with Gasteiger partial charge in [-0.2, -0.15) is 0 Å². The standard InChI is InChI=1S/C16H23FN2O.ClH/c1-12-11-14(3-4-15(12)17)16(20)19-9-6-13(7-10-19)5-8-18-2;/h3-4,11,13,18H,5-10H2,1-2H3;1H. The Morgan fingerprint density at radius 1 is 1.38 bits per heavy atom. The third kappa shape index (κ3) is 4.68. The van der Waals surface area contributed by atoms with Gasteiger partial charge in [-0.25, -0.2) is 4.39 Å². The number of hydrogen-bond donors (Lipinski definition) is 1. The van der Waals surface area contributed by atoms with Crippen molar-refractivity contribution in [3.05, 3.63) is 35.1 Å². The molecule has 0 unspecified atom stereocenters. The molecule has 0 bridgehead atoms. The van der Waals surface area contributed by atoms with Crippen LogP contribution in [0.4, 0.5) is 4.39 Å². The Morgan fingerprint density at radius 3 is 2.62 bits per heavy atom. The highest BCUT2D eigenvalue weighted by Crippen LogP contribution is 2.22. The number of rotatable bonds is 4. The van der Waals surface area contributed by atoms with Gasteiger partial charge in [-0.1, -0.05) is 0 Å². The first-order valence-electron chi connectivity index (χ1n) is 7.32. The van der Waals surface area contributed by atoms with E-state index in [0.29, 0.717) is 17.0 Å². The van der Waals surface area contributed by atoms with Crippen molar-refractivity contribution in [2.45, 2.75) is 26.2 Å². The third-order valence-corrected chi connectivity index (χ3v) is 4.11. The second-order valence-electron chi connectivity index (χ2n) is 5.59. The summed E-state index contributed by atoms with van der Waals surface area (Å²) in [6, 6.07) is 4.60.